The summed E-state index contributed by atoms with van der Waals surface area (Å²) in [7, 11) is 3.54. The maximum absolute atomic E-state index is 5.86. The van der Waals surface area contributed by atoms with Crippen molar-refractivity contribution in [2.45, 2.75) is 19.4 Å². The Hall–Kier alpha value is -2.01. The first kappa shape index (κ1) is 14.4. The molecular weight excluding hydrogens is 254 g/mol. The summed E-state index contributed by atoms with van der Waals surface area (Å²) in [5.74, 6) is 1.45. The number of rotatable bonds is 6. The minimum atomic E-state index is -0.0201. The Balaban J connectivity index is 1.98. The second-order valence-electron chi connectivity index (χ2n) is 4.82. The average Bonchev–Trinajstić information content (AvgIpc) is 2.84. The maximum atomic E-state index is 5.86. The van der Waals surface area contributed by atoms with Gasteiger partial charge in [-0.25, -0.2) is 0 Å². The number of aryl methyl sites for hydroxylation is 1. The third-order valence-electron chi connectivity index (χ3n) is 3.12. The summed E-state index contributed by atoms with van der Waals surface area (Å²) in [6.07, 6.45) is 4.64. The molecule has 20 heavy (non-hydrogen) atoms. The van der Waals surface area contributed by atoms with Gasteiger partial charge in [-0.2, -0.15) is 5.10 Å². The van der Waals surface area contributed by atoms with Gasteiger partial charge in [-0.15, -0.1) is 0 Å². The van der Waals surface area contributed by atoms with E-state index in [0.717, 1.165) is 23.3 Å². The van der Waals surface area contributed by atoms with Gasteiger partial charge in [0.1, 0.15) is 0 Å². The number of nitrogens with zero attached hydrogens (tertiary/aromatic N) is 2. The van der Waals surface area contributed by atoms with Crippen molar-refractivity contribution < 1.29 is 9.47 Å². The van der Waals surface area contributed by atoms with Crippen LogP contribution in [0.2, 0.25) is 0 Å². The molecule has 0 radical (unpaired) electrons. The van der Waals surface area contributed by atoms with E-state index in [9.17, 15) is 0 Å². The third-order valence-corrected chi connectivity index (χ3v) is 3.12. The van der Waals surface area contributed by atoms with Gasteiger partial charge in [0.2, 0.25) is 0 Å². The predicted molar refractivity (Wildman–Crippen MR) is 78.0 cm³/mol. The highest BCUT2D eigenvalue weighted by Gasteiger charge is 2.08. The highest BCUT2D eigenvalue weighted by Crippen LogP contribution is 2.29. The summed E-state index contributed by atoms with van der Waals surface area (Å²) in [4.78, 5) is 0. The molecule has 2 N–H and O–H groups in total. The van der Waals surface area contributed by atoms with Gasteiger partial charge in [-0.1, -0.05) is 6.07 Å². The van der Waals surface area contributed by atoms with E-state index in [0.29, 0.717) is 12.4 Å². The Labute approximate surface area is 119 Å². The Bertz CT molecular complexity index is 564. The first-order chi connectivity index (χ1) is 9.60. The number of benzene rings is 1. The quantitative estimate of drug-likeness (QED) is 0.876. The van der Waals surface area contributed by atoms with Gasteiger partial charge >= 0.3 is 0 Å². The second-order valence-corrected chi connectivity index (χ2v) is 4.82. The SMILES string of the molecule is COc1cc([C@H](C)N)ccc1OCCc1cnn(C)c1. The van der Waals surface area contributed by atoms with Crippen molar-refractivity contribution in [1.29, 1.82) is 0 Å². The van der Waals surface area contributed by atoms with E-state index in [4.69, 9.17) is 15.2 Å². The van der Waals surface area contributed by atoms with Gasteiger partial charge < -0.3 is 15.2 Å². The van der Waals surface area contributed by atoms with Crippen molar-refractivity contribution in [2.24, 2.45) is 12.8 Å². The van der Waals surface area contributed by atoms with Crippen LogP contribution in [0.4, 0.5) is 0 Å². The summed E-state index contributed by atoms with van der Waals surface area (Å²) < 4.78 is 12.9. The van der Waals surface area contributed by atoms with Crippen LogP contribution in [0.1, 0.15) is 24.1 Å². The van der Waals surface area contributed by atoms with Gasteiger partial charge in [0.15, 0.2) is 11.5 Å². The van der Waals surface area contributed by atoms with Crippen molar-refractivity contribution in [3.8, 4) is 11.5 Å². The monoisotopic (exact) mass is 275 g/mol. The molecule has 0 spiro atoms. The van der Waals surface area contributed by atoms with E-state index in [1.807, 2.05) is 44.6 Å². The van der Waals surface area contributed by atoms with E-state index in [-0.39, 0.29) is 6.04 Å². The minimum Gasteiger partial charge on any atom is -0.493 e. The van der Waals surface area contributed by atoms with Crippen molar-refractivity contribution in [1.82, 2.24) is 9.78 Å². The predicted octanol–water partition coefficient (Wildman–Crippen LogP) is 2.07. The molecule has 1 heterocycles. The molecule has 5 heteroatoms. The van der Waals surface area contributed by atoms with Crippen molar-refractivity contribution >= 4 is 0 Å². The zero-order chi connectivity index (χ0) is 14.5. The summed E-state index contributed by atoms with van der Waals surface area (Å²) in [5.41, 5.74) is 8.04. The van der Waals surface area contributed by atoms with Gasteiger partial charge in [-0.05, 0) is 30.2 Å². The molecule has 1 aromatic heterocycles. The van der Waals surface area contributed by atoms with Crippen LogP contribution in [0.3, 0.4) is 0 Å². The van der Waals surface area contributed by atoms with Crippen LogP contribution in [-0.4, -0.2) is 23.5 Å². The lowest BCUT2D eigenvalue weighted by molar-refractivity contribution is 0.297. The lowest BCUT2D eigenvalue weighted by Gasteiger charge is -2.13. The van der Waals surface area contributed by atoms with Crippen LogP contribution >= 0.6 is 0 Å². The standard InChI is InChI=1S/C15H21N3O2/c1-11(16)13-4-5-14(15(8-13)19-3)20-7-6-12-9-17-18(2)10-12/h4-5,8-11H,6-7,16H2,1-3H3/t11-/m0/s1. The fourth-order valence-electron chi connectivity index (χ4n) is 1.97. The van der Waals surface area contributed by atoms with Crippen LogP contribution in [0.5, 0.6) is 11.5 Å². The summed E-state index contributed by atoms with van der Waals surface area (Å²) >= 11 is 0. The molecule has 0 saturated carbocycles. The number of methoxy groups -OCH3 is 1. The Morgan fingerprint density at radius 3 is 2.75 bits per heavy atom. The van der Waals surface area contributed by atoms with Crippen molar-refractivity contribution in [2.75, 3.05) is 13.7 Å². The van der Waals surface area contributed by atoms with Crippen LogP contribution in [0, 0.1) is 0 Å². The molecule has 108 valence electrons. The molecule has 0 saturated heterocycles. The molecule has 5 nitrogen and oxygen atoms in total. The lowest BCUT2D eigenvalue weighted by atomic mass is 10.1. The molecule has 0 bridgehead atoms. The summed E-state index contributed by atoms with van der Waals surface area (Å²) in [5, 5.41) is 4.13. The smallest absolute Gasteiger partial charge is 0.161 e. The topological polar surface area (TPSA) is 62.3 Å². The van der Waals surface area contributed by atoms with Gasteiger partial charge in [0.25, 0.3) is 0 Å². The van der Waals surface area contributed by atoms with Crippen molar-refractivity contribution in [3.05, 3.63) is 41.7 Å². The zero-order valence-electron chi connectivity index (χ0n) is 12.2. The van der Waals surface area contributed by atoms with Gasteiger partial charge in [0, 0.05) is 25.7 Å². The van der Waals surface area contributed by atoms with Crippen LogP contribution in [0.25, 0.3) is 0 Å². The average molecular weight is 275 g/mol. The number of hydrogen-bond donors (Lipinski definition) is 1. The van der Waals surface area contributed by atoms with E-state index in [1.54, 1.807) is 11.8 Å². The van der Waals surface area contributed by atoms with E-state index < -0.39 is 0 Å². The molecule has 1 aromatic carbocycles. The van der Waals surface area contributed by atoms with Crippen LogP contribution in [0.15, 0.2) is 30.6 Å². The number of ether oxygens (including phenoxy) is 2. The molecule has 0 fully saturated rings. The molecule has 2 aromatic rings. The van der Waals surface area contributed by atoms with E-state index in [2.05, 4.69) is 5.10 Å². The fourth-order valence-corrected chi connectivity index (χ4v) is 1.97. The van der Waals surface area contributed by atoms with E-state index in [1.165, 1.54) is 0 Å². The molecule has 0 amide bonds. The molecule has 0 aliphatic carbocycles. The van der Waals surface area contributed by atoms with Gasteiger partial charge in [-0.3, -0.25) is 4.68 Å². The summed E-state index contributed by atoms with van der Waals surface area (Å²) in [6, 6.07) is 5.77. The van der Waals surface area contributed by atoms with Gasteiger partial charge in [0.05, 0.1) is 19.9 Å². The third kappa shape index (κ3) is 3.51. The summed E-state index contributed by atoms with van der Waals surface area (Å²) in [6.45, 7) is 2.53. The normalized spacial score (nSPS) is 12.2. The Morgan fingerprint density at radius 2 is 2.15 bits per heavy atom. The van der Waals surface area contributed by atoms with Crippen LogP contribution < -0.4 is 15.2 Å². The number of aromatic nitrogens is 2. The Kier molecular flexibility index (Phi) is 4.63. The van der Waals surface area contributed by atoms with E-state index >= 15 is 0 Å². The molecule has 0 aliphatic heterocycles. The molecule has 1 atom stereocenters. The zero-order valence-corrected chi connectivity index (χ0v) is 12.2. The van der Waals surface area contributed by atoms with Crippen molar-refractivity contribution in [3.63, 3.8) is 0 Å². The molecule has 0 unspecified atom stereocenters. The number of hydrogen-bond acceptors (Lipinski definition) is 4. The maximum Gasteiger partial charge on any atom is 0.161 e. The fraction of sp³-hybridized carbons (Fsp3) is 0.400. The first-order valence-electron chi connectivity index (χ1n) is 6.64. The highest BCUT2D eigenvalue weighted by atomic mass is 16.5. The van der Waals surface area contributed by atoms with Crippen LogP contribution in [-0.2, 0) is 13.5 Å². The molecule has 2 rings (SSSR count). The first-order valence-corrected chi connectivity index (χ1v) is 6.64. The Morgan fingerprint density at radius 1 is 1.35 bits per heavy atom. The second kappa shape index (κ2) is 6.43. The highest BCUT2D eigenvalue weighted by molar-refractivity contribution is 5.43. The molecular formula is C15H21N3O2. The lowest BCUT2D eigenvalue weighted by Crippen LogP contribution is -2.06. The largest absolute Gasteiger partial charge is 0.493 e. The number of nitrogens with two attached hydrogens (primary N) is 1. The molecule has 0 aliphatic rings. The minimum absolute atomic E-state index is 0.0201.